The van der Waals surface area contributed by atoms with Gasteiger partial charge in [-0.1, -0.05) is 18.3 Å². The first-order chi connectivity index (χ1) is 8.13. The maximum Gasteiger partial charge on any atom is 0.225 e. The first-order valence-corrected chi connectivity index (χ1v) is 5.99. The monoisotopic (exact) mass is 251 g/mol. The molecule has 0 aliphatic carbocycles. The Morgan fingerprint density at radius 3 is 3.00 bits per heavy atom. The largest absolute Gasteiger partial charge is 0.494 e. The number of ether oxygens (including phenoxy) is 1. The number of methoxy groups -OCH3 is 1. The minimum Gasteiger partial charge on any atom is -0.494 e. The van der Waals surface area contributed by atoms with E-state index in [1.807, 2.05) is 6.07 Å². The molecule has 3 N–H and O–H groups in total. The molecule has 1 aromatic carbocycles. The van der Waals surface area contributed by atoms with E-state index >= 15 is 0 Å². The van der Waals surface area contributed by atoms with Crippen LogP contribution in [0.25, 0.3) is 10.2 Å². The SMILES string of the molecule is CCC(=O)Nc1nc2c(OC)cc(N)cc2s1. The number of benzene rings is 1. The lowest BCUT2D eigenvalue weighted by Crippen LogP contribution is -2.08. The van der Waals surface area contributed by atoms with Crippen LogP contribution < -0.4 is 15.8 Å². The maximum absolute atomic E-state index is 11.3. The number of thiazole rings is 1. The first-order valence-electron chi connectivity index (χ1n) is 5.18. The molecule has 6 heteroatoms. The minimum absolute atomic E-state index is 0.0593. The van der Waals surface area contributed by atoms with Gasteiger partial charge in [-0.15, -0.1) is 0 Å². The van der Waals surface area contributed by atoms with Gasteiger partial charge in [0.2, 0.25) is 5.91 Å². The molecule has 0 radical (unpaired) electrons. The molecule has 1 aromatic heterocycles. The number of hydrogen-bond acceptors (Lipinski definition) is 5. The highest BCUT2D eigenvalue weighted by Crippen LogP contribution is 2.34. The van der Waals surface area contributed by atoms with Gasteiger partial charge in [0.25, 0.3) is 0 Å². The molecule has 2 aromatic rings. The third kappa shape index (κ3) is 2.31. The van der Waals surface area contributed by atoms with Gasteiger partial charge in [-0.2, -0.15) is 0 Å². The van der Waals surface area contributed by atoms with Crippen LogP contribution in [0.3, 0.4) is 0 Å². The fraction of sp³-hybridized carbons (Fsp3) is 0.273. The van der Waals surface area contributed by atoms with Gasteiger partial charge in [0, 0.05) is 18.2 Å². The Kier molecular flexibility index (Phi) is 3.14. The van der Waals surface area contributed by atoms with Crippen molar-refractivity contribution in [3.8, 4) is 5.75 Å². The topological polar surface area (TPSA) is 77.2 Å². The summed E-state index contributed by atoms with van der Waals surface area (Å²) in [6, 6.07) is 3.53. The van der Waals surface area contributed by atoms with Crippen LogP contribution in [0.1, 0.15) is 13.3 Å². The van der Waals surface area contributed by atoms with Crippen LogP contribution in [0.4, 0.5) is 10.8 Å². The highest BCUT2D eigenvalue weighted by molar-refractivity contribution is 7.22. The summed E-state index contributed by atoms with van der Waals surface area (Å²) in [7, 11) is 1.57. The summed E-state index contributed by atoms with van der Waals surface area (Å²) in [6.45, 7) is 1.79. The molecule has 0 fully saturated rings. The summed E-state index contributed by atoms with van der Waals surface area (Å²) in [5.74, 6) is 0.559. The summed E-state index contributed by atoms with van der Waals surface area (Å²) >= 11 is 1.38. The van der Waals surface area contributed by atoms with Crippen LogP contribution in [0.5, 0.6) is 5.75 Å². The number of rotatable bonds is 3. The third-order valence-electron chi connectivity index (χ3n) is 2.27. The second-order valence-electron chi connectivity index (χ2n) is 3.49. The van der Waals surface area contributed by atoms with E-state index < -0.39 is 0 Å². The zero-order valence-corrected chi connectivity index (χ0v) is 10.4. The van der Waals surface area contributed by atoms with Crippen molar-refractivity contribution < 1.29 is 9.53 Å². The molecule has 1 amide bonds. The van der Waals surface area contributed by atoms with Gasteiger partial charge in [-0.05, 0) is 6.07 Å². The highest BCUT2D eigenvalue weighted by atomic mass is 32.1. The predicted octanol–water partition coefficient (Wildman–Crippen LogP) is 2.24. The van der Waals surface area contributed by atoms with Crippen molar-refractivity contribution in [3.63, 3.8) is 0 Å². The van der Waals surface area contributed by atoms with E-state index in [4.69, 9.17) is 10.5 Å². The summed E-state index contributed by atoms with van der Waals surface area (Å²) in [5.41, 5.74) is 7.09. The Balaban J connectivity index is 2.45. The average molecular weight is 251 g/mol. The average Bonchev–Trinajstić information content (AvgIpc) is 2.69. The predicted molar refractivity (Wildman–Crippen MR) is 69.5 cm³/mol. The second-order valence-corrected chi connectivity index (χ2v) is 4.52. The van der Waals surface area contributed by atoms with E-state index in [0.29, 0.717) is 23.0 Å². The molecule has 17 heavy (non-hydrogen) atoms. The summed E-state index contributed by atoms with van der Waals surface area (Å²) in [4.78, 5) is 15.6. The number of amides is 1. The number of carbonyl (C=O) groups is 1. The normalized spacial score (nSPS) is 10.5. The van der Waals surface area contributed by atoms with Gasteiger partial charge in [0.1, 0.15) is 11.3 Å². The molecule has 90 valence electrons. The molecule has 0 bridgehead atoms. The molecule has 1 heterocycles. The van der Waals surface area contributed by atoms with Crippen LogP contribution in [0.2, 0.25) is 0 Å². The fourth-order valence-corrected chi connectivity index (χ4v) is 2.38. The Hall–Kier alpha value is -1.82. The molecule has 0 aliphatic heterocycles. The molecule has 0 unspecified atom stereocenters. The molecule has 0 saturated heterocycles. The second kappa shape index (κ2) is 4.58. The number of fused-ring (bicyclic) bond motifs is 1. The Morgan fingerprint density at radius 2 is 2.35 bits per heavy atom. The van der Waals surface area contributed by atoms with Crippen LogP contribution in [0, 0.1) is 0 Å². The van der Waals surface area contributed by atoms with E-state index in [-0.39, 0.29) is 5.91 Å². The van der Waals surface area contributed by atoms with Gasteiger partial charge in [-0.25, -0.2) is 4.98 Å². The number of aromatic nitrogens is 1. The Bertz CT molecular complexity index is 565. The van der Waals surface area contributed by atoms with Crippen molar-refractivity contribution >= 4 is 38.3 Å². The molecule has 0 atom stereocenters. The van der Waals surface area contributed by atoms with Crippen molar-refractivity contribution in [2.45, 2.75) is 13.3 Å². The summed E-state index contributed by atoms with van der Waals surface area (Å²) < 4.78 is 6.10. The first kappa shape index (κ1) is 11.7. The van der Waals surface area contributed by atoms with Gasteiger partial charge in [0.05, 0.1) is 11.8 Å². The fourth-order valence-electron chi connectivity index (χ4n) is 1.44. The van der Waals surface area contributed by atoms with Crippen molar-refractivity contribution in [2.24, 2.45) is 0 Å². The molecule has 0 spiro atoms. The molecule has 0 saturated carbocycles. The number of carbonyl (C=O) groups excluding carboxylic acids is 1. The Morgan fingerprint density at radius 1 is 1.59 bits per heavy atom. The molecule has 5 nitrogen and oxygen atoms in total. The van der Waals surface area contributed by atoms with Crippen molar-refractivity contribution in [2.75, 3.05) is 18.2 Å². The summed E-state index contributed by atoms with van der Waals surface area (Å²) in [5, 5.41) is 3.29. The lowest BCUT2D eigenvalue weighted by atomic mass is 10.3. The van der Waals surface area contributed by atoms with Gasteiger partial charge >= 0.3 is 0 Å². The molecule has 2 rings (SSSR count). The minimum atomic E-state index is -0.0593. The quantitative estimate of drug-likeness (QED) is 0.820. The smallest absolute Gasteiger partial charge is 0.225 e. The van der Waals surface area contributed by atoms with Crippen LogP contribution in [0.15, 0.2) is 12.1 Å². The van der Waals surface area contributed by atoms with Crippen LogP contribution in [-0.4, -0.2) is 18.0 Å². The number of nitrogens with two attached hydrogens (primary N) is 1. The number of nitrogens with zero attached hydrogens (tertiary/aromatic N) is 1. The number of nitrogens with one attached hydrogen (secondary N) is 1. The van der Waals surface area contributed by atoms with E-state index in [9.17, 15) is 4.79 Å². The standard InChI is InChI=1S/C11H13N3O2S/c1-3-9(15)13-11-14-10-7(16-2)4-6(12)5-8(10)17-11/h4-5H,3,12H2,1-2H3,(H,13,14,15). The highest BCUT2D eigenvalue weighted by Gasteiger charge is 2.11. The van der Waals surface area contributed by atoms with Crippen LogP contribution in [-0.2, 0) is 4.79 Å². The lowest BCUT2D eigenvalue weighted by Gasteiger charge is -2.01. The van der Waals surface area contributed by atoms with Crippen molar-refractivity contribution in [1.82, 2.24) is 4.98 Å². The zero-order valence-electron chi connectivity index (χ0n) is 9.61. The Labute approximate surface area is 103 Å². The molecule has 0 aliphatic rings. The van der Waals surface area contributed by atoms with Crippen molar-refractivity contribution in [1.29, 1.82) is 0 Å². The van der Waals surface area contributed by atoms with Crippen molar-refractivity contribution in [3.05, 3.63) is 12.1 Å². The van der Waals surface area contributed by atoms with E-state index in [0.717, 1.165) is 10.2 Å². The van der Waals surface area contributed by atoms with Gasteiger partial charge in [0.15, 0.2) is 5.13 Å². The maximum atomic E-state index is 11.3. The molecular formula is C11H13N3O2S. The van der Waals surface area contributed by atoms with E-state index in [1.54, 1.807) is 20.1 Å². The zero-order chi connectivity index (χ0) is 12.4. The number of anilines is 2. The van der Waals surface area contributed by atoms with Gasteiger partial charge in [-0.3, -0.25) is 4.79 Å². The van der Waals surface area contributed by atoms with E-state index in [1.165, 1.54) is 11.3 Å². The van der Waals surface area contributed by atoms with Gasteiger partial charge < -0.3 is 15.8 Å². The van der Waals surface area contributed by atoms with Crippen LogP contribution >= 0.6 is 11.3 Å². The lowest BCUT2D eigenvalue weighted by molar-refractivity contribution is -0.115. The third-order valence-corrected chi connectivity index (χ3v) is 3.19. The molecular weight excluding hydrogens is 238 g/mol. The number of hydrogen-bond donors (Lipinski definition) is 2. The summed E-state index contributed by atoms with van der Waals surface area (Å²) in [6.07, 6.45) is 0.426. The number of nitrogen functional groups attached to an aromatic ring is 1. The van der Waals surface area contributed by atoms with E-state index in [2.05, 4.69) is 10.3 Å².